The lowest BCUT2D eigenvalue weighted by Gasteiger charge is -2.04. The first-order valence-corrected chi connectivity index (χ1v) is 6.63. The topological polar surface area (TPSA) is 92.1 Å². The van der Waals surface area contributed by atoms with Crippen LogP contribution >= 0.6 is 0 Å². The molecule has 0 bridgehead atoms. The normalized spacial score (nSPS) is 10.6. The highest BCUT2D eigenvalue weighted by Gasteiger charge is 2.13. The molecule has 0 unspecified atom stereocenters. The molecule has 92 valence electrons. The monoisotopic (exact) mass is 255 g/mol. The van der Waals surface area contributed by atoms with Crippen LogP contribution < -0.4 is 4.74 Å². The third-order valence-corrected chi connectivity index (χ3v) is 3.97. The Labute approximate surface area is 99.8 Å². The van der Waals surface area contributed by atoms with Gasteiger partial charge in [0.2, 0.25) is 0 Å². The van der Waals surface area contributed by atoms with Gasteiger partial charge in [-0.25, -0.2) is 8.42 Å². The molecule has 0 saturated heterocycles. The van der Waals surface area contributed by atoms with Crippen LogP contribution in [0.25, 0.3) is 10.4 Å². The Bertz CT molecular complexity index is 504. The standard InChI is InChI=1S/C10H13N3O3S/c1-16-9-3-5-10(6-4-9)17(14,15)8-2-7-12-13-11/h3-6H,2,7-8H2,1H3. The number of rotatable bonds is 6. The lowest BCUT2D eigenvalue weighted by molar-refractivity contribution is 0.414. The van der Waals surface area contributed by atoms with Gasteiger partial charge in [-0.2, -0.15) is 0 Å². The fraction of sp³-hybridized carbons (Fsp3) is 0.400. The molecule has 0 fully saturated rings. The fourth-order valence-corrected chi connectivity index (χ4v) is 2.57. The van der Waals surface area contributed by atoms with E-state index in [0.717, 1.165) is 0 Å². The molecule has 0 spiro atoms. The van der Waals surface area contributed by atoms with Crippen LogP contribution in [-0.4, -0.2) is 27.8 Å². The molecular formula is C10H13N3O3S. The van der Waals surface area contributed by atoms with E-state index < -0.39 is 9.84 Å². The molecule has 0 radical (unpaired) electrons. The van der Waals surface area contributed by atoms with Crippen molar-refractivity contribution in [2.24, 2.45) is 5.11 Å². The molecule has 7 heteroatoms. The van der Waals surface area contributed by atoms with Crippen molar-refractivity contribution in [2.75, 3.05) is 19.4 Å². The fourth-order valence-electron chi connectivity index (χ4n) is 1.27. The largest absolute Gasteiger partial charge is 0.497 e. The first kappa shape index (κ1) is 13.3. The smallest absolute Gasteiger partial charge is 0.178 e. The lowest BCUT2D eigenvalue weighted by atomic mass is 10.3. The first-order valence-electron chi connectivity index (χ1n) is 4.98. The summed E-state index contributed by atoms with van der Waals surface area (Å²) in [7, 11) is -1.79. The van der Waals surface area contributed by atoms with Crippen molar-refractivity contribution in [3.8, 4) is 5.75 Å². The highest BCUT2D eigenvalue weighted by atomic mass is 32.2. The molecule has 0 aliphatic carbocycles. The van der Waals surface area contributed by atoms with E-state index in [2.05, 4.69) is 10.0 Å². The summed E-state index contributed by atoms with van der Waals surface area (Å²) < 4.78 is 28.6. The molecule has 0 amide bonds. The summed E-state index contributed by atoms with van der Waals surface area (Å²) >= 11 is 0. The average Bonchev–Trinajstić information content (AvgIpc) is 2.35. The van der Waals surface area contributed by atoms with E-state index in [1.807, 2.05) is 0 Å². The Morgan fingerprint density at radius 2 is 2.00 bits per heavy atom. The second-order valence-electron chi connectivity index (χ2n) is 3.30. The van der Waals surface area contributed by atoms with Crippen LogP contribution in [0.2, 0.25) is 0 Å². The van der Waals surface area contributed by atoms with Crippen LogP contribution in [0.3, 0.4) is 0 Å². The number of ether oxygens (including phenoxy) is 1. The third-order valence-electron chi connectivity index (χ3n) is 2.15. The zero-order valence-electron chi connectivity index (χ0n) is 9.41. The van der Waals surface area contributed by atoms with Gasteiger partial charge in [0.25, 0.3) is 0 Å². The summed E-state index contributed by atoms with van der Waals surface area (Å²) in [6.45, 7) is 0.186. The highest BCUT2D eigenvalue weighted by molar-refractivity contribution is 7.91. The van der Waals surface area contributed by atoms with Gasteiger partial charge in [-0.1, -0.05) is 5.11 Å². The maximum Gasteiger partial charge on any atom is 0.178 e. The van der Waals surface area contributed by atoms with Gasteiger partial charge in [-0.3, -0.25) is 0 Å². The predicted molar refractivity (Wildman–Crippen MR) is 63.7 cm³/mol. The number of sulfone groups is 1. The molecule has 1 aromatic carbocycles. The molecule has 0 aliphatic rings. The number of benzene rings is 1. The van der Waals surface area contributed by atoms with Crippen molar-refractivity contribution in [3.63, 3.8) is 0 Å². The Balaban J connectivity index is 2.71. The van der Waals surface area contributed by atoms with E-state index >= 15 is 0 Å². The van der Waals surface area contributed by atoms with Crippen molar-refractivity contribution >= 4 is 9.84 Å². The maximum atomic E-state index is 11.8. The van der Waals surface area contributed by atoms with Crippen molar-refractivity contribution < 1.29 is 13.2 Å². The number of hydrogen-bond donors (Lipinski definition) is 0. The maximum absolute atomic E-state index is 11.8. The van der Waals surface area contributed by atoms with E-state index in [4.69, 9.17) is 10.3 Å². The third kappa shape index (κ3) is 3.97. The zero-order valence-corrected chi connectivity index (χ0v) is 10.2. The summed E-state index contributed by atoms with van der Waals surface area (Å²) in [5.74, 6) is 0.580. The van der Waals surface area contributed by atoms with Crippen LogP contribution in [0, 0.1) is 0 Å². The quantitative estimate of drug-likeness (QED) is 0.337. The number of hydrogen-bond acceptors (Lipinski definition) is 4. The number of methoxy groups -OCH3 is 1. The van der Waals surface area contributed by atoms with Crippen LogP contribution in [0.5, 0.6) is 5.75 Å². The molecule has 6 nitrogen and oxygen atoms in total. The van der Waals surface area contributed by atoms with E-state index in [9.17, 15) is 8.42 Å². The zero-order chi connectivity index (χ0) is 12.7. The van der Waals surface area contributed by atoms with E-state index in [1.54, 1.807) is 12.1 Å². The SMILES string of the molecule is COc1ccc(S(=O)(=O)CCCN=[N+]=[N-])cc1. The molecule has 0 N–H and O–H groups in total. The second-order valence-corrected chi connectivity index (χ2v) is 5.41. The molecule has 17 heavy (non-hydrogen) atoms. The Hall–Kier alpha value is -1.72. The van der Waals surface area contributed by atoms with Gasteiger partial charge in [-0.15, -0.1) is 0 Å². The van der Waals surface area contributed by atoms with Crippen molar-refractivity contribution in [1.29, 1.82) is 0 Å². The van der Waals surface area contributed by atoms with Crippen LogP contribution in [0.1, 0.15) is 6.42 Å². The minimum Gasteiger partial charge on any atom is -0.497 e. The highest BCUT2D eigenvalue weighted by Crippen LogP contribution is 2.17. The van der Waals surface area contributed by atoms with Crippen molar-refractivity contribution in [1.82, 2.24) is 0 Å². The molecule has 0 aliphatic heterocycles. The van der Waals surface area contributed by atoms with Crippen LogP contribution in [0.15, 0.2) is 34.3 Å². The number of nitrogens with zero attached hydrogens (tertiary/aromatic N) is 3. The Morgan fingerprint density at radius 3 is 2.53 bits per heavy atom. The predicted octanol–water partition coefficient (Wildman–Crippen LogP) is 2.17. The minimum atomic E-state index is -3.30. The summed E-state index contributed by atoms with van der Waals surface area (Å²) in [6.07, 6.45) is 0.318. The molecule has 0 atom stereocenters. The van der Waals surface area contributed by atoms with E-state index in [0.29, 0.717) is 12.2 Å². The second kappa shape index (κ2) is 6.12. The van der Waals surface area contributed by atoms with Crippen molar-refractivity contribution in [3.05, 3.63) is 34.7 Å². The minimum absolute atomic E-state index is 0.0294. The lowest BCUT2D eigenvalue weighted by Crippen LogP contribution is -2.07. The molecule has 0 aromatic heterocycles. The summed E-state index contributed by atoms with van der Waals surface area (Å²) in [5.41, 5.74) is 8.07. The number of azide groups is 1. The molecule has 0 heterocycles. The Kier molecular flexibility index (Phi) is 4.81. The molecule has 1 rings (SSSR count). The van der Waals surface area contributed by atoms with Gasteiger partial charge in [0.15, 0.2) is 9.84 Å². The molecule has 0 saturated carbocycles. The van der Waals surface area contributed by atoms with Gasteiger partial charge in [0, 0.05) is 11.5 Å². The summed E-state index contributed by atoms with van der Waals surface area (Å²) in [5, 5.41) is 3.29. The van der Waals surface area contributed by atoms with Gasteiger partial charge in [0.05, 0.1) is 17.8 Å². The molecule has 1 aromatic rings. The first-order chi connectivity index (χ1) is 8.10. The molecular weight excluding hydrogens is 242 g/mol. The summed E-state index contributed by atoms with van der Waals surface area (Å²) in [6, 6.07) is 6.20. The van der Waals surface area contributed by atoms with Crippen molar-refractivity contribution in [2.45, 2.75) is 11.3 Å². The van der Waals surface area contributed by atoms with Gasteiger partial charge < -0.3 is 4.74 Å². The average molecular weight is 255 g/mol. The van der Waals surface area contributed by atoms with E-state index in [-0.39, 0.29) is 17.2 Å². The van der Waals surface area contributed by atoms with Gasteiger partial charge in [0.1, 0.15) is 5.75 Å². The Morgan fingerprint density at radius 1 is 1.35 bits per heavy atom. The van der Waals surface area contributed by atoms with Gasteiger partial charge in [-0.05, 0) is 36.2 Å². The van der Waals surface area contributed by atoms with Gasteiger partial charge >= 0.3 is 0 Å². The van der Waals surface area contributed by atoms with Crippen LogP contribution in [0.4, 0.5) is 0 Å². The van der Waals surface area contributed by atoms with Crippen LogP contribution in [-0.2, 0) is 9.84 Å². The summed E-state index contributed by atoms with van der Waals surface area (Å²) in [4.78, 5) is 2.81. The van der Waals surface area contributed by atoms with E-state index in [1.165, 1.54) is 19.2 Å².